The van der Waals surface area contributed by atoms with Crippen molar-refractivity contribution in [1.29, 1.82) is 0 Å². The van der Waals surface area contributed by atoms with E-state index in [9.17, 15) is 18.0 Å². The number of amides is 1. The minimum atomic E-state index is -4.56. The average molecular weight is 408 g/mol. The van der Waals surface area contributed by atoms with Gasteiger partial charge in [0, 0.05) is 18.3 Å². The lowest BCUT2D eigenvalue weighted by Gasteiger charge is -2.23. The molecule has 4 rings (SSSR count). The molecule has 1 atom stereocenters. The van der Waals surface area contributed by atoms with Crippen molar-refractivity contribution in [2.45, 2.75) is 51.7 Å². The molecule has 1 fully saturated rings. The lowest BCUT2D eigenvalue weighted by atomic mass is 10.1. The molecule has 8 nitrogen and oxygen atoms in total. The van der Waals surface area contributed by atoms with E-state index in [0.29, 0.717) is 42.2 Å². The Kier molecular flexibility index (Phi) is 4.75. The molecule has 0 saturated carbocycles. The molecule has 1 aliphatic rings. The second kappa shape index (κ2) is 7.12. The van der Waals surface area contributed by atoms with E-state index in [1.807, 2.05) is 0 Å². The van der Waals surface area contributed by atoms with Crippen LogP contribution in [0.4, 0.5) is 13.2 Å². The third-order valence-electron chi connectivity index (χ3n) is 5.13. The minimum Gasteiger partial charge on any atom is -0.334 e. The van der Waals surface area contributed by atoms with E-state index in [1.54, 1.807) is 18.7 Å². The predicted molar refractivity (Wildman–Crippen MR) is 93.8 cm³/mol. The van der Waals surface area contributed by atoms with Crippen LogP contribution < -0.4 is 0 Å². The number of halogens is 3. The number of rotatable bonds is 4. The molecule has 3 aromatic rings. The van der Waals surface area contributed by atoms with Gasteiger partial charge in [-0.2, -0.15) is 18.3 Å². The molecule has 0 radical (unpaired) electrons. The van der Waals surface area contributed by atoms with E-state index < -0.39 is 17.9 Å². The molecule has 1 saturated heterocycles. The van der Waals surface area contributed by atoms with Gasteiger partial charge in [0.25, 0.3) is 0 Å². The molecule has 0 unspecified atom stereocenters. The molecule has 11 heteroatoms. The van der Waals surface area contributed by atoms with Crippen LogP contribution in [0.15, 0.2) is 16.8 Å². The van der Waals surface area contributed by atoms with Gasteiger partial charge in [0.2, 0.25) is 5.91 Å². The van der Waals surface area contributed by atoms with Crippen molar-refractivity contribution in [3.8, 4) is 0 Å². The number of carbonyl (C=O) groups is 1. The molecule has 4 heterocycles. The maximum atomic E-state index is 13.5. The van der Waals surface area contributed by atoms with Crippen LogP contribution in [0.2, 0.25) is 0 Å². The second-order valence-electron chi connectivity index (χ2n) is 7.04. The number of alkyl halides is 3. The van der Waals surface area contributed by atoms with Gasteiger partial charge in [-0.05, 0) is 32.3 Å². The monoisotopic (exact) mass is 408 g/mol. The van der Waals surface area contributed by atoms with E-state index in [-0.39, 0.29) is 18.0 Å². The Morgan fingerprint density at radius 1 is 1.31 bits per heavy atom. The summed E-state index contributed by atoms with van der Waals surface area (Å²) in [7, 11) is 0. The summed E-state index contributed by atoms with van der Waals surface area (Å²) in [5.41, 5.74) is 0.979. The average Bonchev–Trinajstić information content (AvgIpc) is 3.39. The second-order valence-corrected chi connectivity index (χ2v) is 7.04. The SMILES string of the molecule is CCc1cc(C(F)(F)F)n2nc([C@H]3CCCN3C(=O)Cc3nonc3C)cc2n1. The van der Waals surface area contributed by atoms with Crippen LogP contribution in [0, 0.1) is 6.92 Å². The molecule has 1 aliphatic heterocycles. The number of carbonyl (C=O) groups excluding carboxylic acids is 1. The van der Waals surface area contributed by atoms with Gasteiger partial charge in [0.05, 0.1) is 18.2 Å². The molecular formula is C18H19F3N6O2. The fourth-order valence-electron chi connectivity index (χ4n) is 3.62. The predicted octanol–water partition coefficient (Wildman–Crippen LogP) is 2.91. The smallest absolute Gasteiger partial charge is 0.334 e. The summed E-state index contributed by atoms with van der Waals surface area (Å²) in [6.07, 6.45) is -2.81. The standard InChI is InChI=1S/C18H19F3N6O2/c1-3-11-7-15(18(19,20)21)27-16(22-11)8-13(23-27)14-5-4-6-26(14)17(28)9-12-10(2)24-29-25-12/h7-8,14H,3-6,9H2,1-2H3/t14-/m1/s1. The highest BCUT2D eigenvalue weighted by Gasteiger charge is 2.37. The Morgan fingerprint density at radius 3 is 2.76 bits per heavy atom. The van der Waals surface area contributed by atoms with Gasteiger partial charge in [-0.3, -0.25) is 4.79 Å². The number of fused-ring (bicyclic) bond motifs is 1. The number of aryl methyl sites for hydroxylation is 2. The quantitative estimate of drug-likeness (QED) is 0.660. The fraction of sp³-hybridized carbons (Fsp3) is 0.500. The highest BCUT2D eigenvalue weighted by Crippen LogP contribution is 2.34. The van der Waals surface area contributed by atoms with Gasteiger partial charge < -0.3 is 4.90 Å². The van der Waals surface area contributed by atoms with Crippen LogP contribution in [-0.4, -0.2) is 42.3 Å². The van der Waals surface area contributed by atoms with Crippen molar-refractivity contribution in [2.75, 3.05) is 6.54 Å². The Hall–Kier alpha value is -2.98. The molecule has 154 valence electrons. The number of hydrogen-bond acceptors (Lipinski definition) is 6. The van der Waals surface area contributed by atoms with Crippen LogP contribution in [0.25, 0.3) is 5.65 Å². The summed E-state index contributed by atoms with van der Waals surface area (Å²) < 4.78 is 45.9. The summed E-state index contributed by atoms with van der Waals surface area (Å²) in [6.45, 7) is 3.94. The molecule has 1 amide bonds. The third-order valence-corrected chi connectivity index (χ3v) is 5.13. The maximum Gasteiger partial charge on any atom is 0.433 e. The van der Waals surface area contributed by atoms with Crippen LogP contribution in [-0.2, 0) is 23.8 Å². The summed E-state index contributed by atoms with van der Waals surface area (Å²) in [5.74, 6) is -0.193. The molecule has 0 N–H and O–H groups in total. The van der Waals surface area contributed by atoms with Crippen LogP contribution in [0.3, 0.4) is 0 Å². The Labute approximate surface area is 163 Å². The van der Waals surface area contributed by atoms with Crippen LogP contribution >= 0.6 is 0 Å². The number of nitrogens with zero attached hydrogens (tertiary/aromatic N) is 6. The third kappa shape index (κ3) is 3.56. The van der Waals surface area contributed by atoms with E-state index in [2.05, 4.69) is 25.0 Å². The summed E-state index contributed by atoms with van der Waals surface area (Å²) in [4.78, 5) is 18.7. The first-order chi connectivity index (χ1) is 13.8. The van der Waals surface area contributed by atoms with Crippen LogP contribution in [0.5, 0.6) is 0 Å². The van der Waals surface area contributed by atoms with E-state index in [1.165, 1.54) is 6.07 Å². The van der Waals surface area contributed by atoms with Crippen molar-refractivity contribution in [2.24, 2.45) is 0 Å². The van der Waals surface area contributed by atoms with E-state index in [0.717, 1.165) is 17.0 Å². The van der Waals surface area contributed by atoms with Crippen molar-refractivity contribution in [1.82, 2.24) is 29.8 Å². The van der Waals surface area contributed by atoms with Crippen molar-refractivity contribution >= 4 is 11.6 Å². The summed E-state index contributed by atoms with van der Waals surface area (Å²) in [6, 6.07) is 2.14. The molecular weight excluding hydrogens is 389 g/mol. The largest absolute Gasteiger partial charge is 0.433 e. The van der Waals surface area contributed by atoms with Crippen molar-refractivity contribution in [3.63, 3.8) is 0 Å². The minimum absolute atomic E-state index is 0.0191. The zero-order valence-corrected chi connectivity index (χ0v) is 15.9. The maximum absolute atomic E-state index is 13.5. The number of aromatic nitrogens is 5. The molecule has 0 aliphatic carbocycles. The van der Waals surface area contributed by atoms with Crippen LogP contribution in [0.1, 0.15) is 54.3 Å². The van der Waals surface area contributed by atoms with Gasteiger partial charge in [-0.1, -0.05) is 17.2 Å². The topological polar surface area (TPSA) is 89.4 Å². The zero-order valence-electron chi connectivity index (χ0n) is 15.9. The van der Waals surface area contributed by atoms with Crippen molar-refractivity contribution in [3.05, 3.63) is 40.6 Å². The first kappa shape index (κ1) is 19.3. The number of hydrogen-bond donors (Lipinski definition) is 0. The molecule has 3 aromatic heterocycles. The molecule has 29 heavy (non-hydrogen) atoms. The zero-order chi connectivity index (χ0) is 20.8. The van der Waals surface area contributed by atoms with Crippen molar-refractivity contribution < 1.29 is 22.6 Å². The number of likely N-dealkylation sites (tertiary alicyclic amines) is 1. The fourth-order valence-corrected chi connectivity index (χ4v) is 3.62. The van der Waals surface area contributed by atoms with E-state index in [4.69, 9.17) is 0 Å². The molecule has 0 spiro atoms. The van der Waals surface area contributed by atoms with E-state index >= 15 is 0 Å². The van der Waals surface area contributed by atoms with Gasteiger partial charge in [0.15, 0.2) is 5.65 Å². The molecule has 0 aromatic carbocycles. The lowest BCUT2D eigenvalue weighted by molar-refractivity contribution is -0.142. The summed E-state index contributed by atoms with van der Waals surface area (Å²) in [5, 5.41) is 11.6. The normalized spacial score (nSPS) is 17.4. The summed E-state index contributed by atoms with van der Waals surface area (Å²) >= 11 is 0. The van der Waals surface area contributed by atoms with Gasteiger partial charge in [-0.25, -0.2) is 14.1 Å². The first-order valence-electron chi connectivity index (χ1n) is 9.32. The molecule has 0 bridgehead atoms. The lowest BCUT2D eigenvalue weighted by Crippen LogP contribution is -2.32. The Bertz CT molecular complexity index is 1060. The van der Waals surface area contributed by atoms with Gasteiger partial charge in [-0.15, -0.1) is 0 Å². The highest BCUT2D eigenvalue weighted by molar-refractivity contribution is 5.79. The Balaban J connectivity index is 1.68. The highest BCUT2D eigenvalue weighted by atomic mass is 19.4. The Morgan fingerprint density at radius 2 is 2.10 bits per heavy atom. The first-order valence-corrected chi connectivity index (χ1v) is 9.32. The van der Waals surface area contributed by atoms with Gasteiger partial charge in [0.1, 0.15) is 17.1 Å². The van der Waals surface area contributed by atoms with Gasteiger partial charge >= 0.3 is 6.18 Å².